The lowest BCUT2D eigenvalue weighted by molar-refractivity contribution is 0.560. The van der Waals surface area contributed by atoms with Crippen LogP contribution in [0, 0.1) is 5.82 Å². The molecule has 16 heavy (non-hydrogen) atoms. The van der Waals surface area contributed by atoms with Crippen molar-refractivity contribution >= 4 is 5.69 Å². The molecule has 1 heterocycles. The van der Waals surface area contributed by atoms with Crippen molar-refractivity contribution in [2.75, 3.05) is 25.5 Å². The van der Waals surface area contributed by atoms with E-state index in [2.05, 4.69) is 5.32 Å². The molecule has 3 heteroatoms. The zero-order chi connectivity index (χ0) is 11.5. The monoisotopic (exact) mass is 222 g/mol. The highest BCUT2D eigenvalue weighted by Gasteiger charge is 2.19. The van der Waals surface area contributed by atoms with Crippen molar-refractivity contribution < 1.29 is 4.39 Å². The maximum atomic E-state index is 13.8. The molecule has 0 spiro atoms. The minimum Gasteiger partial charge on any atom is -0.377 e. The fraction of sp³-hybridized carbons (Fsp3) is 0.538. The molecule has 1 saturated heterocycles. The molecule has 1 aromatic rings. The summed E-state index contributed by atoms with van der Waals surface area (Å²) in [5.74, 6) is -0.0834. The molecule has 2 nitrogen and oxygen atoms in total. The molecule has 0 saturated carbocycles. The van der Waals surface area contributed by atoms with Crippen LogP contribution < -0.4 is 10.2 Å². The molecular formula is C13H19FN2. The number of nitrogens with zero attached hydrogens (tertiary/aromatic N) is 1. The Labute approximate surface area is 96.5 Å². The third-order valence-electron chi connectivity index (χ3n) is 3.19. The summed E-state index contributed by atoms with van der Waals surface area (Å²) < 4.78 is 13.8. The van der Waals surface area contributed by atoms with Crippen molar-refractivity contribution in [3.8, 4) is 0 Å². The number of anilines is 1. The van der Waals surface area contributed by atoms with Crippen LogP contribution in [0.5, 0.6) is 0 Å². The van der Waals surface area contributed by atoms with Crippen molar-refractivity contribution in [2.45, 2.75) is 25.3 Å². The average molecular weight is 222 g/mol. The number of benzene rings is 1. The van der Waals surface area contributed by atoms with Crippen molar-refractivity contribution in [3.05, 3.63) is 29.6 Å². The van der Waals surface area contributed by atoms with Gasteiger partial charge in [0.1, 0.15) is 5.82 Å². The molecule has 1 N–H and O–H groups in total. The molecular weight excluding hydrogens is 203 g/mol. The van der Waals surface area contributed by atoms with E-state index in [9.17, 15) is 4.39 Å². The first kappa shape index (κ1) is 11.4. The largest absolute Gasteiger partial charge is 0.377 e. The molecule has 1 aromatic carbocycles. The van der Waals surface area contributed by atoms with E-state index >= 15 is 0 Å². The minimum absolute atomic E-state index is 0.0834. The van der Waals surface area contributed by atoms with E-state index in [1.54, 1.807) is 12.1 Å². The number of hydrogen-bond donors (Lipinski definition) is 1. The zero-order valence-corrected chi connectivity index (χ0v) is 9.96. The maximum absolute atomic E-state index is 13.8. The molecule has 0 aliphatic carbocycles. The molecule has 1 aliphatic heterocycles. The predicted octanol–water partition coefficient (Wildman–Crippen LogP) is 2.19. The Morgan fingerprint density at radius 2 is 2.25 bits per heavy atom. The van der Waals surface area contributed by atoms with E-state index in [-0.39, 0.29) is 5.82 Å². The molecule has 0 radical (unpaired) electrons. The summed E-state index contributed by atoms with van der Waals surface area (Å²) in [5, 5.41) is 3.41. The van der Waals surface area contributed by atoms with Crippen LogP contribution in [0.1, 0.15) is 18.4 Å². The van der Waals surface area contributed by atoms with Crippen LogP contribution in [-0.4, -0.2) is 26.7 Å². The van der Waals surface area contributed by atoms with Gasteiger partial charge in [-0.15, -0.1) is 0 Å². The zero-order valence-electron chi connectivity index (χ0n) is 9.96. The van der Waals surface area contributed by atoms with Gasteiger partial charge >= 0.3 is 0 Å². The molecule has 0 bridgehead atoms. The first-order chi connectivity index (χ1) is 7.68. The Morgan fingerprint density at radius 3 is 2.88 bits per heavy atom. The smallest absolute Gasteiger partial charge is 0.128 e. The van der Waals surface area contributed by atoms with Crippen LogP contribution in [0.4, 0.5) is 10.1 Å². The van der Waals surface area contributed by atoms with Crippen molar-refractivity contribution in [3.63, 3.8) is 0 Å². The molecule has 0 aromatic heterocycles. The fourth-order valence-corrected chi connectivity index (χ4v) is 2.35. The molecule has 1 unspecified atom stereocenters. The van der Waals surface area contributed by atoms with E-state index in [0.29, 0.717) is 6.04 Å². The molecule has 1 atom stereocenters. The van der Waals surface area contributed by atoms with Crippen molar-refractivity contribution in [2.24, 2.45) is 0 Å². The van der Waals surface area contributed by atoms with E-state index in [1.165, 1.54) is 6.42 Å². The van der Waals surface area contributed by atoms with E-state index in [4.69, 9.17) is 0 Å². The van der Waals surface area contributed by atoms with Crippen LogP contribution in [0.3, 0.4) is 0 Å². The highest BCUT2D eigenvalue weighted by atomic mass is 19.1. The molecule has 1 fully saturated rings. The summed E-state index contributed by atoms with van der Waals surface area (Å²) in [7, 11) is 3.92. The van der Waals surface area contributed by atoms with Gasteiger partial charge in [0.2, 0.25) is 0 Å². The lowest BCUT2D eigenvalue weighted by atomic mass is 10.0. The van der Waals surface area contributed by atoms with Gasteiger partial charge in [-0.05, 0) is 37.9 Å². The topological polar surface area (TPSA) is 15.3 Å². The van der Waals surface area contributed by atoms with E-state index in [1.807, 2.05) is 25.1 Å². The second-order valence-electron chi connectivity index (χ2n) is 4.63. The Morgan fingerprint density at radius 1 is 1.44 bits per heavy atom. The van der Waals surface area contributed by atoms with Crippen LogP contribution in [0.15, 0.2) is 18.2 Å². The second-order valence-corrected chi connectivity index (χ2v) is 4.63. The van der Waals surface area contributed by atoms with Gasteiger partial charge in [0.25, 0.3) is 0 Å². The van der Waals surface area contributed by atoms with Crippen LogP contribution >= 0.6 is 0 Å². The summed E-state index contributed by atoms with van der Waals surface area (Å²) in [6.45, 7) is 1.07. The number of nitrogens with one attached hydrogen (secondary N) is 1. The minimum atomic E-state index is -0.0834. The van der Waals surface area contributed by atoms with Gasteiger partial charge in [-0.1, -0.05) is 6.07 Å². The normalized spacial score (nSPS) is 20.1. The summed E-state index contributed by atoms with van der Waals surface area (Å²) in [6.07, 6.45) is 3.15. The van der Waals surface area contributed by atoms with Crippen LogP contribution in [0.25, 0.3) is 0 Å². The maximum Gasteiger partial charge on any atom is 0.128 e. The van der Waals surface area contributed by atoms with Crippen molar-refractivity contribution in [1.82, 2.24) is 5.32 Å². The third-order valence-corrected chi connectivity index (χ3v) is 3.19. The summed E-state index contributed by atoms with van der Waals surface area (Å²) >= 11 is 0. The van der Waals surface area contributed by atoms with Gasteiger partial charge in [-0.3, -0.25) is 0 Å². The Bertz CT molecular complexity index is 357. The average Bonchev–Trinajstić information content (AvgIpc) is 2.73. The van der Waals surface area contributed by atoms with Gasteiger partial charge < -0.3 is 10.2 Å². The Balaban J connectivity index is 2.23. The quantitative estimate of drug-likeness (QED) is 0.843. The number of hydrogen-bond acceptors (Lipinski definition) is 2. The van der Waals surface area contributed by atoms with Crippen molar-refractivity contribution in [1.29, 1.82) is 0 Å². The highest BCUT2D eigenvalue weighted by Crippen LogP contribution is 2.24. The third kappa shape index (κ3) is 2.35. The summed E-state index contributed by atoms with van der Waals surface area (Å²) in [5.41, 5.74) is 1.83. The van der Waals surface area contributed by atoms with Gasteiger partial charge in [0.05, 0.1) is 0 Å². The predicted molar refractivity (Wildman–Crippen MR) is 65.5 cm³/mol. The second kappa shape index (κ2) is 4.83. The number of rotatable bonds is 3. The SMILES string of the molecule is CN(C)c1cccc(F)c1CC1CCCN1. The lowest BCUT2D eigenvalue weighted by Gasteiger charge is -2.20. The number of halogens is 1. The van der Waals surface area contributed by atoms with Gasteiger partial charge in [-0.2, -0.15) is 0 Å². The lowest BCUT2D eigenvalue weighted by Crippen LogP contribution is -2.25. The van der Waals surface area contributed by atoms with Gasteiger partial charge in [0.15, 0.2) is 0 Å². The Hall–Kier alpha value is -1.09. The van der Waals surface area contributed by atoms with Crippen LogP contribution in [0.2, 0.25) is 0 Å². The molecule has 0 amide bonds. The highest BCUT2D eigenvalue weighted by molar-refractivity contribution is 5.53. The first-order valence-electron chi connectivity index (χ1n) is 5.86. The molecule has 2 rings (SSSR count). The van der Waals surface area contributed by atoms with E-state index in [0.717, 1.165) is 30.6 Å². The summed E-state index contributed by atoms with van der Waals surface area (Å²) in [6, 6.07) is 5.75. The Kier molecular flexibility index (Phi) is 3.44. The standard InChI is InChI=1S/C13H19FN2/c1-16(2)13-7-3-6-12(14)11(13)9-10-5-4-8-15-10/h3,6-7,10,15H,4-5,8-9H2,1-2H3. The van der Waals surface area contributed by atoms with E-state index < -0.39 is 0 Å². The van der Waals surface area contributed by atoms with Gasteiger partial charge in [0, 0.05) is 31.4 Å². The first-order valence-corrected chi connectivity index (χ1v) is 5.86. The summed E-state index contributed by atoms with van der Waals surface area (Å²) in [4.78, 5) is 1.98. The van der Waals surface area contributed by atoms with Crippen LogP contribution in [-0.2, 0) is 6.42 Å². The molecule has 1 aliphatic rings. The van der Waals surface area contributed by atoms with Gasteiger partial charge in [-0.25, -0.2) is 4.39 Å². The molecule has 88 valence electrons. The fourth-order valence-electron chi connectivity index (χ4n) is 2.35.